The maximum absolute atomic E-state index is 12.1. The summed E-state index contributed by atoms with van der Waals surface area (Å²) < 4.78 is 40.2. The largest absolute Gasteiger partial charge is 0.573 e. The van der Waals surface area contributed by atoms with E-state index in [1.807, 2.05) is 6.92 Å². The molecule has 0 fully saturated rings. The lowest BCUT2D eigenvalue weighted by Crippen LogP contribution is -2.18. The lowest BCUT2D eigenvalue weighted by atomic mass is 10.1. The number of benzene rings is 1. The number of hydrogen-bond acceptors (Lipinski definition) is 1. The average molecular weight is 253 g/mol. The monoisotopic (exact) mass is 252 g/mol. The second kappa shape index (κ2) is 5.43. The van der Waals surface area contributed by atoms with Crippen LogP contribution in [-0.2, 0) is 6.42 Å². The van der Waals surface area contributed by atoms with Gasteiger partial charge in [-0.1, -0.05) is 17.7 Å². The summed E-state index contributed by atoms with van der Waals surface area (Å²) in [7, 11) is 0. The highest BCUT2D eigenvalue weighted by Crippen LogP contribution is 2.28. The number of hydrogen-bond donors (Lipinski definition) is 0. The average Bonchev–Trinajstić information content (AvgIpc) is 2.16. The van der Waals surface area contributed by atoms with Crippen LogP contribution in [0.1, 0.15) is 17.5 Å². The van der Waals surface area contributed by atoms with Crippen molar-refractivity contribution >= 4 is 11.6 Å². The predicted octanol–water partition coefficient (Wildman–Crippen LogP) is 4.07. The summed E-state index contributed by atoms with van der Waals surface area (Å²) in [4.78, 5) is 0. The van der Waals surface area contributed by atoms with E-state index < -0.39 is 6.36 Å². The Morgan fingerprint density at radius 3 is 2.56 bits per heavy atom. The molecule has 0 spiro atoms. The van der Waals surface area contributed by atoms with Crippen LogP contribution in [0, 0.1) is 6.92 Å². The number of halogens is 4. The number of rotatable bonds is 4. The molecular formula is C11H12ClF3O. The minimum Gasteiger partial charge on any atom is -0.406 e. The van der Waals surface area contributed by atoms with E-state index in [0.717, 1.165) is 5.56 Å². The Bertz CT molecular complexity index is 350. The normalized spacial score (nSPS) is 11.6. The number of ether oxygens (including phenoxy) is 1. The maximum Gasteiger partial charge on any atom is 0.573 e. The first-order chi connectivity index (χ1) is 7.42. The molecule has 0 atom stereocenters. The van der Waals surface area contributed by atoms with Crippen LogP contribution in [0.15, 0.2) is 18.2 Å². The van der Waals surface area contributed by atoms with Gasteiger partial charge in [0.2, 0.25) is 0 Å². The van der Waals surface area contributed by atoms with Gasteiger partial charge in [-0.15, -0.1) is 24.8 Å². The van der Waals surface area contributed by atoms with Gasteiger partial charge in [0.25, 0.3) is 0 Å². The first-order valence-electron chi connectivity index (χ1n) is 4.83. The molecule has 0 bridgehead atoms. The van der Waals surface area contributed by atoms with E-state index in [9.17, 15) is 13.2 Å². The van der Waals surface area contributed by atoms with Gasteiger partial charge in [0.05, 0.1) is 0 Å². The fraction of sp³-hybridized carbons (Fsp3) is 0.455. The third kappa shape index (κ3) is 4.31. The topological polar surface area (TPSA) is 9.23 Å². The van der Waals surface area contributed by atoms with Gasteiger partial charge in [-0.25, -0.2) is 0 Å². The first kappa shape index (κ1) is 13.2. The minimum atomic E-state index is -4.65. The third-order valence-electron chi connectivity index (χ3n) is 2.02. The van der Waals surface area contributed by atoms with Crippen molar-refractivity contribution in [2.24, 2.45) is 0 Å². The van der Waals surface area contributed by atoms with Crippen LogP contribution in [0.25, 0.3) is 0 Å². The molecule has 0 unspecified atom stereocenters. The molecule has 0 saturated carbocycles. The van der Waals surface area contributed by atoms with Crippen molar-refractivity contribution in [1.29, 1.82) is 0 Å². The molecule has 1 nitrogen and oxygen atoms in total. The molecule has 1 aromatic rings. The van der Waals surface area contributed by atoms with E-state index in [2.05, 4.69) is 4.74 Å². The molecule has 0 amide bonds. The highest BCUT2D eigenvalue weighted by molar-refractivity contribution is 6.17. The number of aryl methyl sites for hydroxylation is 2. The second-order valence-corrected chi connectivity index (χ2v) is 3.83. The standard InChI is InChI=1S/C11H12ClF3O/c1-8-4-5-10(16-11(13,14)15)9(7-8)3-2-6-12/h4-5,7H,2-3,6H2,1H3. The lowest BCUT2D eigenvalue weighted by Gasteiger charge is -2.13. The summed E-state index contributed by atoms with van der Waals surface area (Å²) in [6.45, 7) is 1.82. The van der Waals surface area contributed by atoms with Crippen molar-refractivity contribution in [3.8, 4) is 5.75 Å². The van der Waals surface area contributed by atoms with Crippen LogP contribution in [0.3, 0.4) is 0 Å². The van der Waals surface area contributed by atoms with Gasteiger partial charge in [0.1, 0.15) is 5.75 Å². The van der Waals surface area contributed by atoms with Crippen molar-refractivity contribution in [1.82, 2.24) is 0 Å². The molecule has 16 heavy (non-hydrogen) atoms. The first-order valence-corrected chi connectivity index (χ1v) is 5.37. The summed E-state index contributed by atoms with van der Waals surface area (Å²) in [6, 6.07) is 4.62. The zero-order valence-electron chi connectivity index (χ0n) is 8.77. The van der Waals surface area contributed by atoms with Gasteiger partial charge < -0.3 is 4.74 Å². The Morgan fingerprint density at radius 2 is 2.00 bits per heavy atom. The quantitative estimate of drug-likeness (QED) is 0.734. The number of alkyl halides is 4. The Hall–Kier alpha value is -0.900. The van der Waals surface area contributed by atoms with E-state index in [4.69, 9.17) is 11.6 Å². The molecule has 5 heteroatoms. The Kier molecular flexibility index (Phi) is 4.47. The SMILES string of the molecule is Cc1ccc(OC(F)(F)F)c(CCCCl)c1. The summed E-state index contributed by atoms with van der Waals surface area (Å²) in [5.41, 5.74) is 1.44. The van der Waals surface area contributed by atoms with Crippen LogP contribution >= 0.6 is 11.6 Å². The van der Waals surface area contributed by atoms with Gasteiger partial charge in [0.15, 0.2) is 0 Å². The van der Waals surface area contributed by atoms with Crippen molar-refractivity contribution in [2.75, 3.05) is 5.88 Å². The molecule has 0 radical (unpaired) electrons. The summed E-state index contributed by atoms with van der Waals surface area (Å²) in [5, 5.41) is 0. The molecular weight excluding hydrogens is 241 g/mol. The lowest BCUT2D eigenvalue weighted by molar-refractivity contribution is -0.274. The van der Waals surface area contributed by atoms with Gasteiger partial charge in [-0.2, -0.15) is 0 Å². The van der Waals surface area contributed by atoms with Crippen LogP contribution in [0.5, 0.6) is 5.75 Å². The molecule has 0 aliphatic carbocycles. The van der Waals surface area contributed by atoms with Gasteiger partial charge in [0, 0.05) is 5.88 Å². The molecule has 0 saturated heterocycles. The molecule has 0 N–H and O–H groups in total. The Labute approximate surface area is 97.2 Å². The van der Waals surface area contributed by atoms with E-state index in [1.54, 1.807) is 12.1 Å². The van der Waals surface area contributed by atoms with Crippen LogP contribution in [0.4, 0.5) is 13.2 Å². The van der Waals surface area contributed by atoms with Crippen molar-refractivity contribution in [2.45, 2.75) is 26.1 Å². The van der Waals surface area contributed by atoms with E-state index in [1.165, 1.54) is 6.07 Å². The van der Waals surface area contributed by atoms with Crippen molar-refractivity contribution < 1.29 is 17.9 Å². The molecule has 90 valence electrons. The minimum absolute atomic E-state index is 0.136. The zero-order valence-corrected chi connectivity index (χ0v) is 9.53. The fourth-order valence-corrected chi connectivity index (χ4v) is 1.52. The van der Waals surface area contributed by atoms with E-state index in [0.29, 0.717) is 24.3 Å². The summed E-state index contributed by atoms with van der Waals surface area (Å²) >= 11 is 5.51. The maximum atomic E-state index is 12.1. The third-order valence-corrected chi connectivity index (χ3v) is 2.29. The highest BCUT2D eigenvalue weighted by atomic mass is 35.5. The fourth-order valence-electron chi connectivity index (χ4n) is 1.39. The molecule has 0 aliphatic heterocycles. The molecule has 0 heterocycles. The zero-order chi connectivity index (χ0) is 12.2. The second-order valence-electron chi connectivity index (χ2n) is 3.45. The van der Waals surface area contributed by atoms with Crippen molar-refractivity contribution in [3.05, 3.63) is 29.3 Å². The van der Waals surface area contributed by atoms with Crippen LogP contribution < -0.4 is 4.74 Å². The smallest absolute Gasteiger partial charge is 0.406 e. The van der Waals surface area contributed by atoms with Gasteiger partial charge >= 0.3 is 6.36 Å². The molecule has 1 aromatic carbocycles. The van der Waals surface area contributed by atoms with Crippen molar-refractivity contribution in [3.63, 3.8) is 0 Å². The highest BCUT2D eigenvalue weighted by Gasteiger charge is 2.31. The summed E-state index contributed by atoms with van der Waals surface area (Å²) in [6.07, 6.45) is -3.54. The predicted molar refractivity (Wildman–Crippen MR) is 56.9 cm³/mol. The Balaban J connectivity index is 2.89. The summed E-state index contributed by atoms with van der Waals surface area (Å²) in [5.74, 6) is 0.280. The molecule has 0 aromatic heterocycles. The van der Waals surface area contributed by atoms with E-state index >= 15 is 0 Å². The van der Waals surface area contributed by atoms with Gasteiger partial charge in [-0.05, 0) is 31.4 Å². The molecule has 1 rings (SSSR count). The molecule has 0 aliphatic rings. The van der Waals surface area contributed by atoms with Crippen LogP contribution in [0.2, 0.25) is 0 Å². The van der Waals surface area contributed by atoms with Crippen LogP contribution in [-0.4, -0.2) is 12.2 Å². The van der Waals surface area contributed by atoms with E-state index in [-0.39, 0.29) is 5.75 Å². The Morgan fingerprint density at radius 1 is 1.31 bits per heavy atom. The van der Waals surface area contributed by atoms with Gasteiger partial charge in [-0.3, -0.25) is 0 Å².